The molecule has 1 atom stereocenters. The number of nitrogens with one attached hydrogen (secondary N) is 2. The number of carbonyl (C=O) groups excluding carboxylic acids is 1. The van der Waals surface area contributed by atoms with Crippen LogP contribution in [0.25, 0.3) is 11.3 Å². The van der Waals surface area contributed by atoms with Crippen LogP contribution < -0.4 is 10.6 Å². The molecule has 2 heterocycles. The van der Waals surface area contributed by atoms with Gasteiger partial charge in [0.15, 0.2) is 5.13 Å². The largest absolute Gasteiger partial charge is 0.396 e. The lowest BCUT2D eigenvalue weighted by Gasteiger charge is -2.09. The number of amides is 2. The van der Waals surface area contributed by atoms with E-state index in [2.05, 4.69) is 20.6 Å². The number of urea groups is 1. The molecule has 0 bridgehead atoms. The van der Waals surface area contributed by atoms with Crippen LogP contribution in [0.2, 0.25) is 0 Å². The quantitative estimate of drug-likeness (QED) is 0.786. The van der Waals surface area contributed by atoms with Crippen LogP contribution in [-0.2, 0) is 0 Å². The fourth-order valence-corrected chi connectivity index (χ4v) is 2.17. The van der Waals surface area contributed by atoms with E-state index in [1.54, 1.807) is 12.4 Å². The van der Waals surface area contributed by atoms with Crippen LogP contribution in [0.5, 0.6) is 0 Å². The Labute approximate surface area is 120 Å². The van der Waals surface area contributed by atoms with E-state index in [0.29, 0.717) is 11.7 Å². The van der Waals surface area contributed by atoms with Gasteiger partial charge in [0.1, 0.15) is 0 Å². The maximum atomic E-state index is 11.6. The second kappa shape index (κ2) is 6.97. The molecule has 3 N–H and O–H groups in total. The maximum absolute atomic E-state index is 11.6. The minimum atomic E-state index is -0.322. The molecule has 0 fully saturated rings. The van der Waals surface area contributed by atoms with E-state index >= 15 is 0 Å². The molecule has 0 radical (unpaired) electrons. The highest BCUT2D eigenvalue weighted by Gasteiger charge is 2.08. The third kappa shape index (κ3) is 4.01. The van der Waals surface area contributed by atoms with Crippen molar-refractivity contribution in [2.45, 2.75) is 6.92 Å². The zero-order chi connectivity index (χ0) is 14.4. The van der Waals surface area contributed by atoms with Crippen molar-refractivity contribution in [2.24, 2.45) is 5.92 Å². The van der Waals surface area contributed by atoms with Gasteiger partial charge in [-0.1, -0.05) is 6.92 Å². The van der Waals surface area contributed by atoms with E-state index in [1.165, 1.54) is 11.3 Å². The summed E-state index contributed by atoms with van der Waals surface area (Å²) in [4.78, 5) is 20.0. The summed E-state index contributed by atoms with van der Waals surface area (Å²) in [7, 11) is 0. The van der Waals surface area contributed by atoms with E-state index in [1.807, 2.05) is 24.4 Å². The second-order valence-corrected chi connectivity index (χ2v) is 5.26. The van der Waals surface area contributed by atoms with Crippen LogP contribution in [0.1, 0.15) is 6.92 Å². The Morgan fingerprint density at radius 1 is 1.55 bits per heavy atom. The van der Waals surface area contributed by atoms with E-state index in [-0.39, 0.29) is 18.6 Å². The zero-order valence-electron chi connectivity index (χ0n) is 11.0. The molecular formula is C13H16N4O2S. The molecule has 2 amide bonds. The van der Waals surface area contributed by atoms with E-state index in [0.717, 1.165) is 11.3 Å². The van der Waals surface area contributed by atoms with E-state index in [4.69, 9.17) is 5.11 Å². The van der Waals surface area contributed by atoms with Crippen LogP contribution >= 0.6 is 11.3 Å². The number of carbonyl (C=O) groups is 1. The lowest BCUT2D eigenvalue weighted by atomic mass is 10.2. The number of pyridine rings is 1. The SMILES string of the molecule is CC(CO)CNC(=O)Nc1nc(-c2cccnc2)cs1. The molecule has 6 nitrogen and oxygen atoms in total. The van der Waals surface area contributed by atoms with Crippen LogP contribution in [0.15, 0.2) is 29.9 Å². The number of hydrogen-bond donors (Lipinski definition) is 3. The van der Waals surface area contributed by atoms with Gasteiger partial charge in [-0.25, -0.2) is 9.78 Å². The van der Waals surface area contributed by atoms with Crippen molar-refractivity contribution >= 4 is 22.5 Å². The summed E-state index contributed by atoms with van der Waals surface area (Å²) in [5, 5.41) is 16.6. The van der Waals surface area contributed by atoms with Gasteiger partial charge in [0.25, 0.3) is 0 Å². The number of aliphatic hydroxyl groups excluding tert-OH is 1. The highest BCUT2D eigenvalue weighted by molar-refractivity contribution is 7.14. The van der Waals surface area contributed by atoms with Crippen molar-refractivity contribution in [2.75, 3.05) is 18.5 Å². The molecule has 2 rings (SSSR count). The van der Waals surface area contributed by atoms with E-state index < -0.39 is 0 Å². The summed E-state index contributed by atoms with van der Waals surface area (Å²) in [5.74, 6) is 0.0306. The Morgan fingerprint density at radius 3 is 3.10 bits per heavy atom. The maximum Gasteiger partial charge on any atom is 0.321 e. The smallest absolute Gasteiger partial charge is 0.321 e. The first-order valence-corrected chi connectivity index (χ1v) is 7.08. The third-order valence-corrected chi connectivity index (χ3v) is 3.36. The van der Waals surface area contributed by atoms with E-state index in [9.17, 15) is 4.79 Å². The molecule has 106 valence electrons. The third-order valence-electron chi connectivity index (χ3n) is 2.60. The number of hydrogen-bond acceptors (Lipinski definition) is 5. The van der Waals surface area contributed by atoms with Gasteiger partial charge in [0.2, 0.25) is 0 Å². The molecule has 2 aromatic rings. The summed E-state index contributed by atoms with van der Waals surface area (Å²) in [5.41, 5.74) is 1.69. The molecule has 0 saturated carbocycles. The molecule has 0 aliphatic carbocycles. The van der Waals surface area contributed by atoms with Crippen molar-refractivity contribution in [3.63, 3.8) is 0 Å². The molecule has 0 aliphatic heterocycles. The lowest BCUT2D eigenvalue weighted by Crippen LogP contribution is -2.33. The monoisotopic (exact) mass is 292 g/mol. The van der Waals surface area contributed by atoms with Gasteiger partial charge in [-0.2, -0.15) is 0 Å². The summed E-state index contributed by atoms with van der Waals surface area (Å²) < 4.78 is 0. The average molecular weight is 292 g/mol. The number of aliphatic hydroxyl groups is 1. The van der Waals surface area contributed by atoms with Crippen LogP contribution in [0.4, 0.5) is 9.93 Å². The normalized spacial score (nSPS) is 11.9. The standard InChI is InChI=1S/C13H16N4O2S/c1-9(7-18)5-15-12(19)17-13-16-11(8-20-13)10-3-2-4-14-6-10/h2-4,6,8-9,18H,5,7H2,1H3,(H2,15,16,17,19). The van der Waals surface area contributed by atoms with Gasteiger partial charge < -0.3 is 10.4 Å². The van der Waals surface area contributed by atoms with Gasteiger partial charge in [0, 0.05) is 36.5 Å². The fraction of sp³-hybridized carbons (Fsp3) is 0.308. The summed E-state index contributed by atoms with van der Waals surface area (Å²) in [6.07, 6.45) is 3.42. The van der Waals surface area contributed by atoms with Gasteiger partial charge in [0.05, 0.1) is 5.69 Å². The minimum Gasteiger partial charge on any atom is -0.396 e. The molecule has 1 unspecified atom stereocenters. The first kappa shape index (κ1) is 14.4. The van der Waals surface area contributed by atoms with Crippen molar-refractivity contribution in [1.82, 2.24) is 15.3 Å². The van der Waals surface area contributed by atoms with Gasteiger partial charge >= 0.3 is 6.03 Å². The van der Waals surface area contributed by atoms with Gasteiger partial charge in [-0.3, -0.25) is 10.3 Å². The molecule has 0 saturated heterocycles. The molecule has 0 aliphatic rings. The Bertz CT molecular complexity index is 559. The molecule has 20 heavy (non-hydrogen) atoms. The highest BCUT2D eigenvalue weighted by atomic mass is 32.1. The zero-order valence-corrected chi connectivity index (χ0v) is 11.9. The number of rotatable bonds is 5. The van der Waals surface area contributed by atoms with Crippen molar-refractivity contribution in [3.8, 4) is 11.3 Å². The predicted molar refractivity (Wildman–Crippen MR) is 78.6 cm³/mol. The predicted octanol–water partition coefficient (Wildman–Crippen LogP) is 1.95. The highest BCUT2D eigenvalue weighted by Crippen LogP contribution is 2.23. The molecule has 7 heteroatoms. The van der Waals surface area contributed by atoms with Crippen molar-refractivity contribution < 1.29 is 9.90 Å². The van der Waals surface area contributed by atoms with Gasteiger partial charge in [-0.15, -0.1) is 11.3 Å². The number of anilines is 1. The summed E-state index contributed by atoms with van der Waals surface area (Å²) in [6, 6.07) is 3.43. The summed E-state index contributed by atoms with van der Waals surface area (Å²) in [6.45, 7) is 2.32. The summed E-state index contributed by atoms with van der Waals surface area (Å²) >= 11 is 1.35. The average Bonchev–Trinajstić information content (AvgIpc) is 2.94. The van der Waals surface area contributed by atoms with Crippen LogP contribution in [0, 0.1) is 5.92 Å². The van der Waals surface area contributed by atoms with Crippen LogP contribution in [-0.4, -0.2) is 34.3 Å². The molecule has 0 aromatic carbocycles. The first-order chi connectivity index (χ1) is 9.69. The van der Waals surface area contributed by atoms with Crippen molar-refractivity contribution in [1.29, 1.82) is 0 Å². The number of thiazole rings is 1. The number of aromatic nitrogens is 2. The topological polar surface area (TPSA) is 87.1 Å². The Kier molecular flexibility index (Phi) is 5.03. The van der Waals surface area contributed by atoms with Crippen LogP contribution in [0.3, 0.4) is 0 Å². The Hall–Kier alpha value is -1.99. The molecule has 0 spiro atoms. The Morgan fingerprint density at radius 2 is 2.40 bits per heavy atom. The van der Waals surface area contributed by atoms with Crippen molar-refractivity contribution in [3.05, 3.63) is 29.9 Å². The Balaban J connectivity index is 1.91. The lowest BCUT2D eigenvalue weighted by molar-refractivity contribution is 0.227. The van der Waals surface area contributed by atoms with Gasteiger partial charge in [-0.05, 0) is 18.1 Å². The fourth-order valence-electron chi connectivity index (χ4n) is 1.45. The second-order valence-electron chi connectivity index (χ2n) is 4.40. The molecular weight excluding hydrogens is 276 g/mol. The first-order valence-electron chi connectivity index (χ1n) is 6.20. The minimum absolute atomic E-state index is 0.0306. The number of nitrogens with zero attached hydrogens (tertiary/aromatic N) is 2. The molecule has 2 aromatic heterocycles.